The average Bonchev–Trinajstić information content (AvgIpc) is 0.880. The molecule has 0 aliphatic heterocycles. The van der Waals surface area contributed by atoms with Crippen molar-refractivity contribution in [3.05, 3.63) is 0 Å². The van der Waals surface area contributed by atoms with Crippen molar-refractivity contribution in [1.82, 2.24) is 47.9 Å². The zero-order valence-electron chi connectivity index (χ0n) is 71.5. The van der Waals surface area contributed by atoms with E-state index in [0.717, 1.165) is 0 Å². The monoisotopic (exact) mass is 1700 g/mol. The number of unbranched alkanes of at least 4 members (excludes halogenated alkanes) is 4. The van der Waals surface area contributed by atoms with E-state index in [2.05, 4.69) is 47.9 Å². The van der Waals surface area contributed by atoms with Crippen molar-refractivity contribution in [1.29, 1.82) is 0 Å². The van der Waals surface area contributed by atoms with E-state index in [0.29, 0.717) is 177 Å². The molecule has 0 saturated heterocycles. The predicted molar refractivity (Wildman–Crippen MR) is 432 cm³/mol. The summed E-state index contributed by atoms with van der Waals surface area (Å²) in [6.45, 7) is 19.1. The van der Waals surface area contributed by atoms with Crippen LogP contribution in [-0.2, 0) is 138 Å². The van der Waals surface area contributed by atoms with Crippen LogP contribution in [0.2, 0.25) is 0 Å². The first-order chi connectivity index (χ1) is 57.1. The topological polar surface area (TPSA) is 478 Å². The molecular formula is C80H145N9O29. The Morgan fingerprint density at radius 2 is 0.585 bits per heavy atom. The molecule has 9 amide bonds. The van der Waals surface area contributed by atoms with Gasteiger partial charge in [0.25, 0.3) is 0 Å². The SMILES string of the molecule is CC(=O)NCCOCCOCCOCCC(=O)CCCCCC(NC(=O)CCOCCOCCOCCNC(C)=O)C(=O)NCCCCC(NC(=O)C(CCCCNC(=O)CCOCCOCCOCCNC(C)=O)CC(=O)CCOCCOCCOCCNC(C)=O)C(=O)CCCOCCOCC(=O)NCCOCCOCC(=O)C(C)C. The van der Waals surface area contributed by atoms with Crippen molar-refractivity contribution in [2.24, 2.45) is 11.8 Å². The minimum absolute atomic E-state index is 0.000966. The van der Waals surface area contributed by atoms with Crippen LogP contribution in [0.25, 0.3) is 0 Å². The molecule has 38 nitrogen and oxygen atoms in total. The number of amides is 9. The van der Waals surface area contributed by atoms with Crippen molar-refractivity contribution >= 4 is 76.3 Å². The number of hydrogen-bond donors (Lipinski definition) is 9. The lowest BCUT2D eigenvalue weighted by Crippen LogP contribution is -2.47. The van der Waals surface area contributed by atoms with Gasteiger partial charge in [-0.15, -0.1) is 0 Å². The van der Waals surface area contributed by atoms with Gasteiger partial charge in [-0.3, -0.25) is 62.3 Å². The van der Waals surface area contributed by atoms with Gasteiger partial charge in [-0.05, 0) is 51.4 Å². The average molecular weight is 1700 g/mol. The third-order valence-electron chi connectivity index (χ3n) is 16.8. The smallest absolute Gasteiger partial charge is 0.246 e. The lowest BCUT2D eigenvalue weighted by atomic mass is 9.93. The van der Waals surface area contributed by atoms with Gasteiger partial charge in [-0.1, -0.05) is 33.1 Å². The van der Waals surface area contributed by atoms with E-state index in [-0.39, 0.29) is 261 Å². The second-order valence-electron chi connectivity index (χ2n) is 27.5. The first-order valence-electron chi connectivity index (χ1n) is 41.8. The number of nitrogens with one attached hydrogen (secondary N) is 9. The van der Waals surface area contributed by atoms with E-state index in [1.54, 1.807) is 13.8 Å². The van der Waals surface area contributed by atoms with Gasteiger partial charge < -0.3 is 124 Å². The Hall–Kier alpha value is -6.73. The number of Topliss-reactive ketones (excluding diaryl/α,β-unsaturated/α-hetero) is 4. The van der Waals surface area contributed by atoms with E-state index >= 15 is 0 Å². The molecule has 3 atom stereocenters. The van der Waals surface area contributed by atoms with Crippen LogP contribution in [0, 0.1) is 11.8 Å². The van der Waals surface area contributed by atoms with Crippen LogP contribution in [0.1, 0.15) is 157 Å². The predicted octanol–water partition coefficient (Wildman–Crippen LogP) is 0.685. The van der Waals surface area contributed by atoms with Gasteiger partial charge in [0.2, 0.25) is 53.2 Å². The first-order valence-corrected chi connectivity index (χ1v) is 41.8. The molecular weight excluding hydrogens is 1550 g/mol. The lowest BCUT2D eigenvalue weighted by molar-refractivity contribution is -0.133. The Morgan fingerprint density at radius 3 is 1.03 bits per heavy atom. The standard InChI is InChI=1S/C80H145N9O29/c1-64(2)75(97)62-117-59-58-112-40-30-86-78(100)63-118-60-57-103-31-14-19-74(96)72(89-79(101)69(61-71(95)21-33-105-42-50-114-54-46-109-37-27-82-66(4)91)15-10-12-24-85-76(98)22-34-106-43-51-115-55-47-110-38-28-83-67(5)92)17-11-13-25-87-80(102)73(88-77(99)23-35-107-44-52-116-56-48-111-39-29-84-68(6)93)18-9-7-8-16-70(94)20-32-104-41-49-113-53-45-108-36-26-81-65(3)90/h64,69,72-73H,7-63H2,1-6H3,(H,81,90)(H,82,91)(H,83,92)(H,84,93)(H,85,98)(H,86,100)(H,87,102)(H,88,99)(H,89,101). The molecule has 0 aromatic carbocycles. The highest BCUT2D eigenvalue weighted by atomic mass is 16.6. The van der Waals surface area contributed by atoms with E-state index in [1.807, 2.05) is 0 Å². The molecule has 0 aliphatic rings. The van der Waals surface area contributed by atoms with Gasteiger partial charge in [-0.25, -0.2) is 0 Å². The Bertz CT molecular complexity index is 2640. The Kier molecular flexibility index (Phi) is 77.9. The lowest BCUT2D eigenvalue weighted by Gasteiger charge is -2.23. The molecule has 118 heavy (non-hydrogen) atoms. The van der Waals surface area contributed by atoms with Crippen LogP contribution in [-0.4, -0.2) is 346 Å². The van der Waals surface area contributed by atoms with E-state index in [9.17, 15) is 62.3 Å². The molecule has 0 aromatic heterocycles. The van der Waals surface area contributed by atoms with Gasteiger partial charge in [0.15, 0.2) is 11.6 Å². The molecule has 0 heterocycles. The maximum atomic E-state index is 14.5. The number of ketones is 4. The number of carbonyl (C=O) groups excluding carboxylic acids is 13. The Labute approximate surface area is 697 Å². The quantitative estimate of drug-likeness (QED) is 0.0378. The summed E-state index contributed by atoms with van der Waals surface area (Å²) in [4.78, 5) is 163. The van der Waals surface area contributed by atoms with Gasteiger partial charge in [0.05, 0.1) is 198 Å². The van der Waals surface area contributed by atoms with Gasteiger partial charge in [-0.2, -0.15) is 0 Å². The van der Waals surface area contributed by atoms with Crippen LogP contribution < -0.4 is 47.9 Å². The van der Waals surface area contributed by atoms with Crippen LogP contribution in [0.15, 0.2) is 0 Å². The molecule has 0 saturated carbocycles. The summed E-state index contributed by atoms with van der Waals surface area (Å²) >= 11 is 0. The number of rotatable bonds is 89. The molecule has 0 aliphatic carbocycles. The molecule has 0 fully saturated rings. The molecule has 9 N–H and O–H groups in total. The molecule has 38 heteroatoms. The zero-order chi connectivity index (χ0) is 86.8. The summed E-state index contributed by atoms with van der Waals surface area (Å²) in [7, 11) is 0. The fourth-order valence-corrected chi connectivity index (χ4v) is 10.3. The van der Waals surface area contributed by atoms with Crippen molar-refractivity contribution < 1.29 is 138 Å². The highest BCUT2D eigenvalue weighted by molar-refractivity contribution is 5.92. The van der Waals surface area contributed by atoms with Crippen LogP contribution in [0.5, 0.6) is 0 Å². The molecule has 3 unspecified atom stereocenters. The maximum absolute atomic E-state index is 14.5. The van der Waals surface area contributed by atoms with E-state index in [4.69, 9.17) is 75.8 Å². The fourth-order valence-electron chi connectivity index (χ4n) is 10.3. The van der Waals surface area contributed by atoms with Crippen molar-refractivity contribution in [2.45, 2.75) is 169 Å². The third kappa shape index (κ3) is 79.1. The highest BCUT2D eigenvalue weighted by Gasteiger charge is 2.28. The van der Waals surface area contributed by atoms with Crippen molar-refractivity contribution in [3.8, 4) is 0 Å². The number of ether oxygens (including phenoxy) is 16. The Morgan fingerprint density at radius 1 is 0.237 bits per heavy atom. The molecule has 0 radical (unpaired) electrons. The summed E-state index contributed by atoms with van der Waals surface area (Å²) in [6.07, 6.45) is 4.64. The summed E-state index contributed by atoms with van der Waals surface area (Å²) in [5, 5.41) is 24.9. The minimum atomic E-state index is -1.01. The minimum Gasteiger partial charge on any atom is -0.379 e. The van der Waals surface area contributed by atoms with Crippen LogP contribution >= 0.6 is 0 Å². The molecule has 0 spiro atoms. The van der Waals surface area contributed by atoms with Crippen LogP contribution in [0.4, 0.5) is 0 Å². The zero-order valence-corrected chi connectivity index (χ0v) is 71.5. The normalized spacial score (nSPS) is 12.0. The van der Waals surface area contributed by atoms with Crippen molar-refractivity contribution in [2.75, 3.05) is 257 Å². The third-order valence-corrected chi connectivity index (χ3v) is 16.8. The van der Waals surface area contributed by atoms with E-state index in [1.165, 1.54) is 27.7 Å². The van der Waals surface area contributed by atoms with E-state index < -0.39 is 35.7 Å². The largest absolute Gasteiger partial charge is 0.379 e. The second-order valence-corrected chi connectivity index (χ2v) is 27.5. The Balaban J connectivity index is 6.11. The van der Waals surface area contributed by atoms with Gasteiger partial charge in [0.1, 0.15) is 30.8 Å². The highest BCUT2D eigenvalue weighted by Crippen LogP contribution is 2.18. The van der Waals surface area contributed by atoms with Gasteiger partial charge in [0, 0.05) is 137 Å². The molecule has 0 bridgehead atoms. The first kappa shape index (κ1) is 111. The number of hydrogen-bond acceptors (Lipinski definition) is 29. The molecule has 684 valence electrons. The maximum Gasteiger partial charge on any atom is 0.246 e. The molecule has 0 aromatic rings. The summed E-state index contributed by atoms with van der Waals surface area (Å²) in [5.74, 6) is -4.04. The van der Waals surface area contributed by atoms with Crippen molar-refractivity contribution in [3.63, 3.8) is 0 Å². The van der Waals surface area contributed by atoms with Crippen LogP contribution in [0.3, 0.4) is 0 Å². The fraction of sp³-hybridized carbons (Fsp3) is 0.838. The molecule has 0 rings (SSSR count). The summed E-state index contributed by atoms with van der Waals surface area (Å²) < 4.78 is 88.1. The number of carbonyl (C=O) groups is 13. The summed E-state index contributed by atoms with van der Waals surface area (Å²) in [6, 6.07) is -1.94. The summed E-state index contributed by atoms with van der Waals surface area (Å²) in [5.41, 5.74) is 0. The second kappa shape index (κ2) is 82.6. The van der Waals surface area contributed by atoms with Gasteiger partial charge >= 0.3 is 0 Å².